The molecular weight excluding hydrogens is 226 g/mol. The van der Waals surface area contributed by atoms with E-state index in [9.17, 15) is 0 Å². The lowest BCUT2D eigenvalue weighted by Crippen LogP contribution is -2.46. The molecule has 2 heterocycles. The summed E-state index contributed by atoms with van der Waals surface area (Å²) in [6, 6.07) is 0.383. The van der Waals surface area contributed by atoms with Gasteiger partial charge in [0, 0.05) is 11.8 Å². The number of aromatic amines is 1. The monoisotopic (exact) mass is 245 g/mol. The molecule has 0 aromatic carbocycles. The molecule has 2 aliphatic rings. The number of hydrogen-bond donors (Lipinski definition) is 1. The second-order valence-corrected chi connectivity index (χ2v) is 4.87. The Hall–Kier alpha value is -1.55. The standard InChI is InChI=1S/C14H19N3O/c1-11-10-18-9-8-17(11)14-12-6-4-2-3-5-7-13(12)15-16-14/h2,4,6-7,11,15H,3,5,8-10H2,1H3/b4-2+,12-6+,13-7+. The first-order chi connectivity index (χ1) is 8.86. The van der Waals surface area contributed by atoms with E-state index in [2.05, 4.69) is 46.3 Å². The predicted molar refractivity (Wildman–Crippen MR) is 72.8 cm³/mol. The van der Waals surface area contributed by atoms with Gasteiger partial charge in [0.15, 0.2) is 5.82 Å². The summed E-state index contributed by atoms with van der Waals surface area (Å²) in [5, 5.41) is 10.0. The molecule has 1 saturated heterocycles. The summed E-state index contributed by atoms with van der Waals surface area (Å²) in [6.07, 6.45) is 10.9. The summed E-state index contributed by atoms with van der Waals surface area (Å²) in [4.78, 5) is 2.33. The number of fused-ring (bicyclic) bond motifs is 1. The zero-order valence-electron chi connectivity index (χ0n) is 10.7. The van der Waals surface area contributed by atoms with Crippen molar-refractivity contribution in [3.05, 3.63) is 22.7 Å². The smallest absolute Gasteiger partial charge is 0.158 e. The Morgan fingerprint density at radius 3 is 3.28 bits per heavy atom. The third kappa shape index (κ3) is 2.08. The van der Waals surface area contributed by atoms with Gasteiger partial charge in [-0.15, -0.1) is 0 Å². The lowest BCUT2D eigenvalue weighted by atomic mass is 10.2. The number of H-pyrrole nitrogens is 1. The number of rotatable bonds is 1. The number of aromatic nitrogens is 2. The van der Waals surface area contributed by atoms with Crippen LogP contribution in [0.3, 0.4) is 0 Å². The fraction of sp³-hybridized carbons (Fsp3) is 0.500. The number of allylic oxidation sites excluding steroid dienone is 2. The first kappa shape index (κ1) is 11.5. The minimum absolute atomic E-state index is 0.383. The Kier molecular flexibility index (Phi) is 3.19. The number of nitrogens with one attached hydrogen (secondary N) is 1. The molecule has 0 bridgehead atoms. The molecule has 3 rings (SSSR count). The zero-order chi connectivity index (χ0) is 12.4. The van der Waals surface area contributed by atoms with E-state index in [-0.39, 0.29) is 0 Å². The Bertz CT molecular complexity index is 558. The van der Waals surface area contributed by atoms with E-state index >= 15 is 0 Å². The van der Waals surface area contributed by atoms with E-state index in [4.69, 9.17) is 4.74 Å². The lowest BCUT2D eigenvalue weighted by molar-refractivity contribution is 0.0984. The van der Waals surface area contributed by atoms with Crippen LogP contribution in [0.4, 0.5) is 5.82 Å². The van der Waals surface area contributed by atoms with Gasteiger partial charge in [-0.05, 0) is 25.8 Å². The highest BCUT2D eigenvalue weighted by Gasteiger charge is 2.21. The number of morpholine rings is 1. The van der Waals surface area contributed by atoms with Crippen molar-refractivity contribution in [3.8, 4) is 0 Å². The predicted octanol–water partition coefficient (Wildman–Crippen LogP) is 0.546. The van der Waals surface area contributed by atoms with Crippen LogP contribution >= 0.6 is 0 Å². The van der Waals surface area contributed by atoms with E-state index in [1.54, 1.807) is 0 Å². The number of hydrogen-bond acceptors (Lipinski definition) is 3. The SMILES string of the molecule is CC1COCCN1c1n[nH]c2/c1=C\C=C\CC\C=2. The third-order valence-electron chi connectivity index (χ3n) is 3.53. The van der Waals surface area contributed by atoms with Crippen LogP contribution < -0.4 is 15.5 Å². The summed E-state index contributed by atoms with van der Waals surface area (Å²) in [7, 11) is 0. The molecule has 0 spiro atoms. The van der Waals surface area contributed by atoms with Crippen molar-refractivity contribution >= 4 is 18.0 Å². The van der Waals surface area contributed by atoms with Crippen molar-refractivity contribution in [2.75, 3.05) is 24.7 Å². The van der Waals surface area contributed by atoms with Gasteiger partial charge in [-0.1, -0.05) is 18.2 Å². The minimum Gasteiger partial charge on any atom is -0.377 e. The minimum atomic E-state index is 0.383. The van der Waals surface area contributed by atoms with Crippen molar-refractivity contribution < 1.29 is 4.74 Å². The maximum absolute atomic E-state index is 5.49. The molecule has 4 heteroatoms. The zero-order valence-corrected chi connectivity index (χ0v) is 10.7. The molecule has 1 atom stereocenters. The van der Waals surface area contributed by atoms with E-state index in [1.165, 1.54) is 5.22 Å². The number of nitrogens with zero attached hydrogens (tertiary/aromatic N) is 2. The largest absolute Gasteiger partial charge is 0.377 e. The summed E-state index contributed by atoms with van der Waals surface area (Å²) < 4.78 is 5.49. The molecule has 1 N–H and O–H groups in total. The van der Waals surface area contributed by atoms with E-state index in [0.29, 0.717) is 6.04 Å². The maximum Gasteiger partial charge on any atom is 0.158 e. The van der Waals surface area contributed by atoms with Gasteiger partial charge < -0.3 is 9.64 Å². The molecule has 0 radical (unpaired) electrons. The van der Waals surface area contributed by atoms with Crippen LogP contribution in [0.5, 0.6) is 0 Å². The molecule has 1 aromatic heterocycles. The second kappa shape index (κ2) is 4.98. The molecule has 96 valence electrons. The maximum atomic E-state index is 5.49. The van der Waals surface area contributed by atoms with Crippen molar-refractivity contribution in [1.82, 2.24) is 10.2 Å². The number of anilines is 1. The Labute approximate surface area is 107 Å². The first-order valence-corrected chi connectivity index (χ1v) is 6.62. The highest BCUT2D eigenvalue weighted by Crippen LogP contribution is 2.12. The fourth-order valence-corrected chi connectivity index (χ4v) is 2.52. The molecule has 18 heavy (non-hydrogen) atoms. The van der Waals surface area contributed by atoms with Gasteiger partial charge >= 0.3 is 0 Å². The molecule has 1 aromatic rings. The topological polar surface area (TPSA) is 41.1 Å². The molecule has 4 nitrogen and oxygen atoms in total. The second-order valence-electron chi connectivity index (χ2n) is 4.87. The Balaban J connectivity index is 2.06. The van der Waals surface area contributed by atoms with Gasteiger partial charge in [0.05, 0.1) is 24.6 Å². The average Bonchev–Trinajstić information content (AvgIpc) is 2.71. The highest BCUT2D eigenvalue weighted by molar-refractivity contribution is 5.52. The Morgan fingerprint density at radius 1 is 1.44 bits per heavy atom. The molecule has 1 aliphatic carbocycles. The normalized spacial score (nSPS) is 29.2. The van der Waals surface area contributed by atoms with Crippen LogP contribution in [-0.4, -0.2) is 36.0 Å². The summed E-state index contributed by atoms with van der Waals surface area (Å²) in [6.45, 7) is 4.66. The van der Waals surface area contributed by atoms with Crippen LogP contribution in [0, 0.1) is 0 Å². The van der Waals surface area contributed by atoms with Gasteiger partial charge in [-0.25, -0.2) is 0 Å². The molecular formula is C14H19N3O. The van der Waals surface area contributed by atoms with E-state index in [0.717, 1.165) is 43.8 Å². The summed E-state index contributed by atoms with van der Waals surface area (Å²) in [5.74, 6) is 1.06. The van der Waals surface area contributed by atoms with E-state index < -0.39 is 0 Å². The van der Waals surface area contributed by atoms with Crippen LogP contribution in [0.1, 0.15) is 19.8 Å². The van der Waals surface area contributed by atoms with Gasteiger partial charge in [0.25, 0.3) is 0 Å². The van der Waals surface area contributed by atoms with Crippen LogP contribution in [0.25, 0.3) is 12.2 Å². The molecule has 0 saturated carbocycles. The van der Waals surface area contributed by atoms with Gasteiger partial charge in [0.1, 0.15) is 0 Å². The molecule has 1 aliphatic heterocycles. The van der Waals surface area contributed by atoms with Gasteiger partial charge in [0.2, 0.25) is 0 Å². The Morgan fingerprint density at radius 2 is 2.39 bits per heavy atom. The molecule has 0 amide bonds. The molecule has 1 fully saturated rings. The van der Waals surface area contributed by atoms with Gasteiger partial charge in [-0.2, -0.15) is 5.10 Å². The third-order valence-corrected chi connectivity index (χ3v) is 3.53. The van der Waals surface area contributed by atoms with Crippen LogP contribution in [0.15, 0.2) is 12.2 Å². The summed E-state index contributed by atoms with van der Waals surface area (Å²) in [5.41, 5.74) is 0. The number of ether oxygens (including phenoxy) is 1. The lowest BCUT2D eigenvalue weighted by Gasteiger charge is -2.33. The van der Waals surface area contributed by atoms with Crippen LogP contribution in [-0.2, 0) is 4.74 Å². The first-order valence-electron chi connectivity index (χ1n) is 6.62. The average molecular weight is 245 g/mol. The van der Waals surface area contributed by atoms with E-state index in [1.807, 2.05) is 0 Å². The van der Waals surface area contributed by atoms with Crippen molar-refractivity contribution in [1.29, 1.82) is 0 Å². The fourth-order valence-electron chi connectivity index (χ4n) is 2.52. The highest BCUT2D eigenvalue weighted by atomic mass is 16.5. The van der Waals surface area contributed by atoms with Crippen LogP contribution in [0.2, 0.25) is 0 Å². The van der Waals surface area contributed by atoms with Crippen molar-refractivity contribution in [3.63, 3.8) is 0 Å². The quantitative estimate of drug-likeness (QED) is 0.785. The van der Waals surface area contributed by atoms with Crippen molar-refractivity contribution in [2.24, 2.45) is 0 Å². The summed E-state index contributed by atoms with van der Waals surface area (Å²) >= 11 is 0. The molecule has 1 unspecified atom stereocenters. The van der Waals surface area contributed by atoms with Gasteiger partial charge in [-0.3, -0.25) is 5.10 Å². The van der Waals surface area contributed by atoms with Crippen molar-refractivity contribution in [2.45, 2.75) is 25.8 Å².